The summed E-state index contributed by atoms with van der Waals surface area (Å²) >= 11 is 5.93. The highest BCUT2D eigenvalue weighted by atomic mass is 35.5. The third-order valence-electron chi connectivity index (χ3n) is 5.39. The van der Waals surface area contributed by atoms with Gasteiger partial charge in [0, 0.05) is 23.1 Å². The van der Waals surface area contributed by atoms with Crippen molar-refractivity contribution in [2.24, 2.45) is 0 Å². The number of para-hydroxylation sites is 1. The van der Waals surface area contributed by atoms with Gasteiger partial charge in [-0.2, -0.15) is 4.80 Å². The summed E-state index contributed by atoms with van der Waals surface area (Å²) in [7, 11) is -4.34. The van der Waals surface area contributed by atoms with Gasteiger partial charge in [-0.05, 0) is 54.6 Å². The Hall–Kier alpha value is -3.57. The van der Waals surface area contributed by atoms with Gasteiger partial charge in [0.25, 0.3) is 10.0 Å². The van der Waals surface area contributed by atoms with Crippen molar-refractivity contribution >= 4 is 27.3 Å². The van der Waals surface area contributed by atoms with E-state index in [0.29, 0.717) is 29.3 Å². The second-order valence-electron chi connectivity index (χ2n) is 7.80. The zero-order valence-corrected chi connectivity index (χ0v) is 20.7. The lowest BCUT2D eigenvalue weighted by molar-refractivity contribution is 0.289. The van der Waals surface area contributed by atoms with Crippen LogP contribution >= 0.6 is 11.6 Å². The summed E-state index contributed by atoms with van der Waals surface area (Å²) in [6.07, 6.45) is 1.89. The number of nitrogens with zero attached hydrogens (tertiary/aromatic N) is 5. The molecule has 12 heteroatoms. The van der Waals surface area contributed by atoms with Crippen molar-refractivity contribution in [2.45, 2.75) is 30.8 Å². The van der Waals surface area contributed by atoms with Crippen molar-refractivity contribution in [3.8, 4) is 5.75 Å². The molecule has 0 saturated carbocycles. The number of anilines is 1. The molecule has 1 aromatic heterocycles. The van der Waals surface area contributed by atoms with Crippen molar-refractivity contribution in [3.63, 3.8) is 0 Å². The molecule has 188 valence electrons. The van der Waals surface area contributed by atoms with Crippen LogP contribution in [0.4, 0.5) is 14.5 Å². The zero-order valence-electron chi connectivity index (χ0n) is 19.1. The quantitative estimate of drug-likeness (QED) is 0.266. The lowest BCUT2D eigenvalue weighted by atomic mass is 10.1. The molecular formula is C24H22ClF2N5O3S. The smallest absolute Gasteiger partial charge is 0.264 e. The third-order valence-corrected chi connectivity index (χ3v) is 7.54. The van der Waals surface area contributed by atoms with E-state index >= 15 is 0 Å². The molecule has 0 unspecified atom stereocenters. The van der Waals surface area contributed by atoms with Gasteiger partial charge >= 0.3 is 0 Å². The first kappa shape index (κ1) is 25.5. The summed E-state index contributed by atoms with van der Waals surface area (Å²) in [6, 6.07) is 14.0. The molecule has 1 heterocycles. The van der Waals surface area contributed by atoms with E-state index in [0.717, 1.165) is 22.5 Å². The number of sulfonamides is 1. The van der Waals surface area contributed by atoms with Crippen molar-refractivity contribution in [1.29, 1.82) is 0 Å². The molecule has 0 aliphatic rings. The number of hydrogen-bond donors (Lipinski definition) is 0. The topological polar surface area (TPSA) is 90.2 Å². The van der Waals surface area contributed by atoms with E-state index in [1.165, 1.54) is 35.4 Å². The minimum atomic E-state index is -4.34. The molecule has 0 spiro atoms. The number of ether oxygens (including phenoxy) is 1. The van der Waals surface area contributed by atoms with E-state index in [4.69, 9.17) is 16.3 Å². The summed E-state index contributed by atoms with van der Waals surface area (Å²) in [4.78, 5) is 1.30. The van der Waals surface area contributed by atoms with Gasteiger partial charge in [0.2, 0.25) is 0 Å². The highest BCUT2D eigenvalue weighted by Gasteiger charge is 2.34. The first-order valence-electron chi connectivity index (χ1n) is 10.9. The Labute approximate surface area is 212 Å². The van der Waals surface area contributed by atoms with Crippen LogP contribution in [0.3, 0.4) is 0 Å². The van der Waals surface area contributed by atoms with Crippen LogP contribution in [0.5, 0.6) is 5.75 Å². The zero-order chi connectivity index (χ0) is 25.7. The van der Waals surface area contributed by atoms with E-state index in [9.17, 15) is 17.2 Å². The van der Waals surface area contributed by atoms with E-state index in [1.54, 1.807) is 31.2 Å². The molecular weight excluding hydrogens is 512 g/mol. The summed E-state index contributed by atoms with van der Waals surface area (Å²) in [5.74, 6) is -1.26. The average Bonchev–Trinajstić information content (AvgIpc) is 3.38. The number of benzene rings is 3. The van der Waals surface area contributed by atoms with Crippen molar-refractivity contribution in [3.05, 3.63) is 95.3 Å². The number of halogens is 3. The van der Waals surface area contributed by atoms with Crippen LogP contribution in [0.2, 0.25) is 5.02 Å². The molecule has 0 aliphatic carbocycles. The molecule has 4 aromatic rings. The van der Waals surface area contributed by atoms with E-state index < -0.39 is 33.4 Å². The summed E-state index contributed by atoms with van der Waals surface area (Å²) in [6.45, 7) is 2.34. The van der Waals surface area contributed by atoms with Crippen LogP contribution in [-0.2, 0) is 16.6 Å². The second-order valence-corrected chi connectivity index (χ2v) is 10.0. The first-order valence-corrected chi connectivity index (χ1v) is 12.8. The van der Waals surface area contributed by atoms with Crippen LogP contribution in [0.1, 0.15) is 24.9 Å². The Morgan fingerprint density at radius 3 is 2.56 bits per heavy atom. The molecule has 0 N–H and O–H groups in total. The molecule has 0 fully saturated rings. The fourth-order valence-electron chi connectivity index (χ4n) is 3.68. The SMILES string of the molecule is C[C@H](c1ccccc1OCCCn1ncnn1)N(c1cc(F)ccc1F)S(=O)(=O)c1ccc(Cl)cc1. The summed E-state index contributed by atoms with van der Waals surface area (Å²) in [5.41, 5.74) is 0.0436. The van der Waals surface area contributed by atoms with Gasteiger partial charge in [0.1, 0.15) is 17.4 Å². The Morgan fingerprint density at radius 1 is 1.08 bits per heavy atom. The fourth-order valence-corrected chi connectivity index (χ4v) is 5.45. The minimum Gasteiger partial charge on any atom is -0.493 e. The Morgan fingerprint density at radius 2 is 1.83 bits per heavy atom. The van der Waals surface area contributed by atoms with Gasteiger partial charge in [-0.3, -0.25) is 4.31 Å². The van der Waals surface area contributed by atoms with Crippen molar-refractivity contribution in [1.82, 2.24) is 20.2 Å². The second kappa shape index (κ2) is 11.0. The number of rotatable bonds is 10. The van der Waals surface area contributed by atoms with Crippen molar-refractivity contribution in [2.75, 3.05) is 10.9 Å². The standard InChI is InChI=1S/C24H22ClF2N5O3S/c1-17(21-5-2-3-6-24(21)35-14-4-13-31-29-16-28-30-31)32(23-15-19(26)9-12-22(23)27)36(33,34)20-10-7-18(25)8-11-20/h2-3,5-12,15-17H,4,13-14H2,1H3/t17-/m1/s1. The highest BCUT2D eigenvalue weighted by molar-refractivity contribution is 7.92. The lowest BCUT2D eigenvalue weighted by Gasteiger charge is -2.32. The van der Waals surface area contributed by atoms with Crippen LogP contribution in [0.25, 0.3) is 0 Å². The van der Waals surface area contributed by atoms with Crippen LogP contribution < -0.4 is 9.04 Å². The molecule has 0 radical (unpaired) electrons. The first-order chi connectivity index (χ1) is 17.3. The van der Waals surface area contributed by atoms with Gasteiger partial charge in [-0.15, -0.1) is 10.2 Å². The molecule has 0 aliphatic heterocycles. The number of aryl methyl sites for hydroxylation is 1. The van der Waals surface area contributed by atoms with Crippen LogP contribution in [0.15, 0.2) is 78.0 Å². The summed E-state index contributed by atoms with van der Waals surface area (Å²) < 4.78 is 63.4. The van der Waals surface area contributed by atoms with E-state index in [2.05, 4.69) is 15.4 Å². The molecule has 1 atom stereocenters. The maximum atomic E-state index is 14.9. The summed E-state index contributed by atoms with van der Waals surface area (Å²) in [5, 5.41) is 11.7. The maximum Gasteiger partial charge on any atom is 0.264 e. The van der Waals surface area contributed by atoms with Crippen LogP contribution in [-0.4, -0.2) is 35.2 Å². The molecule has 0 saturated heterocycles. The predicted octanol–water partition coefficient (Wildman–Crippen LogP) is 5.03. The van der Waals surface area contributed by atoms with Gasteiger partial charge in [-0.1, -0.05) is 29.8 Å². The third kappa shape index (κ3) is 5.63. The molecule has 0 bridgehead atoms. The van der Waals surface area contributed by atoms with E-state index in [-0.39, 0.29) is 11.5 Å². The van der Waals surface area contributed by atoms with Crippen LogP contribution in [0, 0.1) is 11.6 Å². The normalized spacial score (nSPS) is 12.3. The minimum absolute atomic E-state index is 0.124. The largest absolute Gasteiger partial charge is 0.493 e. The van der Waals surface area contributed by atoms with E-state index in [1.807, 2.05) is 0 Å². The number of aromatic nitrogens is 4. The number of hydrogen-bond acceptors (Lipinski definition) is 6. The number of tetrazole rings is 1. The fraction of sp³-hybridized carbons (Fsp3) is 0.208. The Bertz CT molecular complexity index is 1420. The predicted molar refractivity (Wildman–Crippen MR) is 130 cm³/mol. The maximum absolute atomic E-state index is 14.9. The Kier molecular flexibility index (Phi) is 7.80. The van der Waals surface area contributed by atoms with Gasteiger partial charge in [0.15, 0.2) is 6.33 Å². The average molecular weight is 534 g/mol. The van der Waals surface area contributed by atoms with Gasteiger partial charge in [-0.25, -0.2) is 17.2 Å². The molecule has 4 rings (SSSR count). The molecule has 3 aromatic carbocycles. The Balaban J connectivity index is 1.70. The van der Waals surface area contributed by atoms with Crippen molar-refractivity contribution < 1.29 is 21.9 Å². The molecule has 8 nitrogen and oxygen atoms in total. The highest BCUT2D eigenvalue weighted by Crippen LogP contribution is 2.38. The lowest BCUT2D eigenvalue weighted by Crippen LogP contribution is -2.34. The van der Waals surface area contributed by atoms with Gasteiger partial charge in [0.05, 0.1) is 29.8 Å². The molecule has 36 heavy (non-hydrogen) atoms. The monoisotopic (exact) mass is 533 g/mol. The molecule has 0 amide bonds. The van der Waals surface area contributed by atoms with Gasteiger partial charge < -0.3 is 4.74 Å².